The highest BCUT2D eigenvalue weighted by Crippen LogP contribution is 2.22. The molecule has 0 amide bonds. The van der Waals surface area contributed by atoms with Gasteiger partial charge < -0.3 is 10.6 Å². The predicted molar refractivity (Wildman–Crippen MR) is 81.5 cm³/mol. The summed E-state index contributed by atoms with van der Waals surface area (Å²) < 4.78 is 0. The van der Waals surface area contributed by atoms with Gasteiger partial charge >= 0.3 is 0 Å². The smallest absolute Gasteiger partial charge is 0.228 e. The summed E-state index contributed by atoms with van der Waals surface area (Å²) in [6.07, 6.45) is 2.26. The number of hydrogen-bond donors (Lipinski definition) is 2. The third-order valence-electron chi connectivity index (χ3n) is 3.47. The highest BCUT2D eigenvalue weighted by atomic mass is 15.2. The molecular weight excluding hydrogens is 264 g/mol. The highest BCUT2D eigenvalue weighted by Gasteiger charge is 2.19. The predicted octanol–water partition coefficient (Wildman–Crippen LogP) is 2.36. The van der Waals surface area contributed by atoms with Crippen molar-refractivity contribution < 1.29 is 0 Å². The monoisotopic (exact) mass is 284 g/mol. The molecule has 2 aromatic rings. The second kappa shape index (κ2) is 5.73. The van der Waals surface area contributed by atoms with Gasteiger partial charge in [-0.2, -0.15) is 0 Å². The van der Waals surface area contributed by atoms with Crippen molar-refractivity contribution in [2.24, 2.45) is 0 Å². The maximum Gasteiger partial charge on any atom is 0.228 e. The van der Waals surface area contributed by atoms with Gasteiger partial charge in [0.2, 0.25) is 5.95 Å². The molecule has 1 fully saturated rings. The van der Waals surface area contributed by atoms with Crippen LogP contribution in [0.3, 0.4) is 0 Å². The number of hydrogen-bond acceptors (Lipinski definition) is 6. The summed E-state index contributed by atoms with van der Waals surface area (Å²) in [5.74, 6) is 2.17. The maximum absolute atomic E-state index is 4.61. The minimum absolute atomic E-state index is 0.255. The molecule has 3 heterocycles. The second-order valence-corrected chi connectivity index (χ2v) is 5.50. The van der Waals surface area contributed by atoms with Crippen LogP contribution in [0.4, 0.5) is 11.8 Å². The number of rotatable bonds is 3. The average Bonchev–Trinajstić information content (AvgIpc) is 2.90. The van der Waals surface area contributed by atoms with E-state index in [-0.39, 0.29) is 6.04 Å². The van der Waals surface area contributed by atoms with E-state index >= 15 is 0 Å². The van der Waals surface area contributed by atoms with E-state index in [9.17, 15) is 0 Å². The molecular formula is C15H20N6. The summed E-state index contributed by atoms with van der Waals surface area (Å²) in [6.45, 7) is 6.93. The molecule has 6 heteroatoms. The first-order chi connectivity index (χ1) is 10.1. The Labute approximate surface area is 124 Å². The summed E-state index contributed by atoms with van der Waals surface area (Å²) in [6, 6.07) is 4.12. The molecule has 0 aromatic carbocycles. The van der Waals surface area contributed by atoms with Gasteiger partial charge in [0.1, 0.15) is 11.6 Å². The number of aryl methyl sites for hydroxylation is 3. The molecule has 2 aromatic heterocycles. The molecule has 1 aliphatic rings. The number of nitrogens with one attached hydrogen (secondary N) is 2. The van der Waals surface area contributed by atoms with E-state index in [1.807, 2.05) is 32.9 Å². The first-order valence-electron chi connectivity index (χ1n) is 7.28. The van der Waals surface area contributed by atoms with Gasteiger partial charge in [-0.25, -0.2) is 19.9 Å². The normalized spacial score (nSPS) is 18.0. The fourth-order valence-corrected chi connectivity index (χ4v) is 2.61. The SMILES string of the molecule is Cc1cc(C)nc(Nc2cc(C)nc(C3CCCN3)n2)n1. The van der Waals surface area contributed by atoms with E-state index in [1.165, 1.54) is 6.42 Å². The van der Waals surface area contributed by atoms with Gasteiger partial charge in [-0.1, -0.05) is 0 Å². The van der Waals surface area contributed by atoms with Crippen LogP contribution in [0.5, 0.6) is 0 Å². The van der Waals surface area contributed by atoms with Crippen LogP contribution in [0.1, 0.15) is 41.8 Å². The van der Waals surface area contributed by atoms with Crippen molar-refractivity contribution in [2.75, 3.05) is 11.9 Å². The number of aromatic nitrogens is 4. The van der Waals surface area contributed by atoms with E-state index in [0.29, 0.717) is 5.95 Å². The van der Waals surface area contributed by atoms with Crippen molar-refractivity contribution in [1.82, 2.24) is 25.3 Å². The zero-order valence-corrected chi connectivity index (χ0v) is 12.6. The Morgan fingerprint density at radius 3 is 2.38 bits per heavy atom. The van der Waals surface area contributed by atoms with E-state index in [4.69, 9.17) is 0 Å². The van der Waals surface area contributed by atoms with Gasteiger partial charge in [-0.15, -0.1) is 0 Å². The second-order valence-electron chi connectivity index (χ2n) is 5.50. The molecule has 1 unspecified atom stereocenters. The number of anilines is 2. The fourth-order valence-electron chi connectivity index (χ4n) is 2.61. The molecule has 3 rings (SSSR count). The maximum atomic E-state index is 4.61. The molecule has 1 atom stereocenters. The Kier molecular flexibility index (Phi) is 3.79. The molecule has 1 aliphatic heterocycles. The Balaban J connectivity index is 1.87. The first kappa shape index (κ1) is 13.9. The van der Waals surface area contributed by atoms with Crippen molar-refractivity contribution in [2.45, 2.75) is 39.7 Å². The van der Waals surface area contributed by atoms with Gasteiger partial charge in [-0.3, -0.25) is 0 Å². The van der Waals surface area contributed by atoms with Crippen LogP contribution in [0.2, 0.25) is 0 Å². The Bertz CT molecular complexity index is 628. The molecule has 2 N–H and O–H groups in total. The van der Waals surface area contributed by atoms with Crippen LogP contribution in [0.25, 0.3) is 0 Å². The quantitative estimate of drug-likeness (QED) is 0.901. The molecule has 0 radical (unpaired) electrons. The van der Waals surface area contributed by atoms with Crippen LogP contribution in [0.15, 0.2) is 12.1 Å². The Hall–Kier alpha value is -2.08. The lowest BCUT2D eigenvalue weighted by Gasteiger charge is -2.12. The summed E-state index contributed by atoms with van der Waals surface area (Å²) in [5.41, 5.74) is 2.82. The zero-order valence-electron chi connectivity index (χ0n) is 12.6. The van der Waals surface area contributed by atoms with Crippen molar-refractivity contribution in [3.63, 3.8) is 0 Å². The third-order valence-corrected chi connectivity index (χ3v) is 3.47. The van der Waals surface area contributed by atoms with Crippen LogP contribution in [-0.4, -0.2) is 26.5 Å². The minimum atomic E-state index is 0.255. The van der Waals surface area contributed by atoms with Crippen molar-refractivity contribution >= 4 is 11.8 Å². The van der Waals surface area contributed by atoms with Crippen molar-refractivity contribution in [3.8, 4) is 0 Å². The molecule has 0 bridgehead atoms. The fraction of sp³-hybridized carbons (Fsp3) is 0.467. The van der Waals surface area contributed by atoms with Crippen molar-refractivity contribution in [1.29, 1.82) is 0 Å². The summed E-state index contributed by atoms with van der Waals surface area (Å²) in [5, 5.41) is 6.61. The van der Waals surface area contributed by atoms with Gasteiger partial charge in [0.15, 0.2) is 0 Å². The molecule has 0 saturated carbocycles. The van der Waals surface area contributed by atoms with E-state index in [2.05, 4.69) is 30.6 Å². The van der Waals surface area contributed by atoms with Crippen LogP contribution in [-0.2, 0) is 0 Å². The van der Waals surface area contributed by atoms with E-state index in [0.717, 1.165) is 41.7 Å². The Morgan fingerprint density at radius 2 is 1.71 bits per heavy atom. The van der Waals surface area contributed by atoms with Crippen molar-refractivity contribution in [3.05, 3.63) is 35.0 Å². The lowest BCUT2D eigenvalue weighted by atomic mass is 10.2. The van der Waals surface area contributed by atoms with Gasteiger partial charge in [0.25, 0.3) is 0 Å². The van der Waals surface area contributed by atoms with Crippen LogP contribution >= 0.6 is 0 Å². The van der Waals surface area contributed by atoms with Gasteiger partial charge in [0, 0.05) is 23.1 Å². The molecule has 6 nitrogen and oxygen atoms in total. The average molecular weight is 284 g/mol. The lowest BCUT2D eigenvalue weighted by Crippen LogP contribution is -2.17. The molecule has 0 spiro atoms. The van der Waals surface area contributed by atoms with Gasteiger partial charge in [-0.05, 0) is 46.2 Å². The Morgan fingerprint density at radius 1 is 1.00 bits per heavy atom. The highest BCUT2D eigenvalue weighted by molar-refractivity contribution is 5.48. The zero-order chi connectivity index (χ0) is 14.8. The standard InChI is InChI=1S/C15H20N6/c1-9-7-10(2)19-15(18-9)21-13-8-11(3)17-14(20-13)12-5-4-6-16-12/h7-8,12,16H,4-6H2,1-3H3,(H,17,18,19,20,21). The van der Waals surface area contributed by atoms with Gasteiger partial charge in [0.05, 0.1) is 6.04 Å². The molecule has 1 saturated heterocycles. The molecule has 110 valence electrons. The first-order valence-corrected chi connectivity index (χ1v) is 7.28. The summed E-state index contributed by atoms with van der Waals surface area (Å²) >= 11 is 0. The van der Waals surface area contributed by atoms with Crippen LogP contribution < -0.4 is 10.6 Å². The number of nitrogens with zero attached hydrogens (tertiary/aromatic N) is 4. The summed E-state index contributed by atoms with van der Waals surface area (Å²) in [4.78, 5) is 17.9. The third kappa shape index (κ3) is 3.33. The largest absolute Gasteiger partial charge is 0.309 e. The minimum Gasteiger partial charge on any atom is -0.309 e. The van der Waals surface area contributed by atoms with E-state index in [1.54, 1.807) is 0 Å². The van der Waals surface area contributed by atoms with Crippen LogP contribution in [0, 0.1) is 20.8 Å². The molecule has 0 aliphatic carbocycles. The lowest BCUT2D eigenvalue weighted by molar-refractivity contribution is 0.603. The topological polar surface area (TPSA) is 75.6 Å². The summed E-state index contributed by atoms with van der Waals surface area (Å²) in [7, 11) is 0. The molecule has 21 heavy (non-hydrogen) atoms. The van der Waals surface area contributed by atoms with E-state index < -0.39 is 0 Å².